The van der Waals surface area contributed by atoms with Gasteiger partial charge >= 0.3 is 5.97 Å². The van der Waals surface area contributed by atoms with Crippen molar-refractivity contribution >= 4 is 22.9 Å². The number of carboxylic acids is 1. The molecule has 2 atom stereocenters. The van der Waals surface area contributed by atoms with Crippen LogP contribution in [-0.4, -0.2) is 22.1 Å². The molecule has 1 aliphatic rings. The third kappa shape index (κ3) is 2.61. The van der Waals surface area contributed by atoms with Crippen LogP contribution in [0.5, 0.6) is 0 Å². The first kappa shape index (κ1) is 14.7. The molecule has 0 radical (unpaired) electrons. The molecular formula is C20H18N2O2. The van der Waals surface area contributed by atoms with Crippen molar-refractivity contribution in [2.24, 2.45) is 0 Å². The Morgan fingerprint density at radius 3 is 2.62 bits per heavy atom. The van der Waals surface area contributed by atoms with Gasteiger partial charge in [-0.1, -0.05) is 60.7 Å². The topological polar surface area (TPSA) is 65.1 Å². The van der Waals surface area contributed by atoms with Crippen LogP contribution in [0.25, 0.3) is 17.0 Å². The first-order chi connectivity index (χ1) is 11.7. The van der Waals surface area contributed by atoms with Gasteiger partial charge < -0.3 is 10.1 Å². The van der Waals surface area contributed by atoms with E-state index in [2.05, 4.69) is 10.3 Å². The number of para-hydroxylation sites is 1. The number of rotatable bonds is 3. The maximum Gasteiger partial charge on any atom is 0.321 e. The number of fused-ring (bicyclic) bond motifs is 3. The second kappa shape index (κ2) is 5.98. The molecule has 24 heavy (non-hydrogen) atoms. The summed E-state index contributed by atoms with van der Waals surface area (Å²) in [6.07, 6.45) is 4.54. The van der Waals surface area contributed by atoms with Crippen LogP contribution in [0.4, 0.5) is 0 Å². The fourth-order valence-corrected chi connectivity index (χ4v) is 3.35. The molecule has 0 fully saturated rings. The molecule has 3 aromatic rings. The fourth-order valence-electron chi connectivity index (χ4n) is 3.35. The summed E-state index contributed by atoms with van der Waals surface area (Å²) in [5.41, 5.74) is 4.29. The van der Waals surface area contributed by atoms with Crippen molar-refractivity contribution in [1.82, 2.24) is 10.3 Å². The Bertz CT molecular complexity index is 912. The lowest BCUT2D eigenvalue weighted by Gasteiger charge is -2.27. The largest absolute Gasteiger partial charge is 0.480 e. The highest BCUT2D eigenvalue weighted by atomic mass is 16.4. The van der Waals surface area contributed by atoms with E-state index in [0.29, 0.717) is 6.42 Å². The van der Waals surface area contributed by atoms with Crippen LogP contribution in [0.2, 0.25) is 0 Å². The number of aromatic nitrogens is 1. The van der Waals surface area contributed by atoms with Crippen LogP contribution in [-0.2, 0) is 11.2 Å². The summed E-state index contributed by atoms with van der Waals surface area (Å²) >= 11 is 0. The van der Waals surface area contributed by atoms with Gasteiger partial charge in [-0.2, -0.15) is 0 Å². The summed E-state index contributed by atoms with van der Waals surface area (Å²) in [7, 11) is 0. The molecule has 4 heteroatoms. The first-order valence-corrected chi connectivity index (χ1v) is 8.04. The number of H-pyrrole nitrogens is 1. The molecule has 2 aromatic carbocycles. The monoisotopic (exact) mass is 318 g/mol. The van der Waals surface area contributed by atoms with Gasteiger partial charge in [0, 0.05) is 23.0 Å². The smallest absolute Gasteiger partial charge is 0.321 e. The number of hydrogen-bond acceptors (Lipinski definition) is 2. The van der Waals surface area contributed by atoms with Gasteiger partial charge in [-0.3, -0.25) is 10.1 Å². The third-order valence-electron chi connectivity index (χ3n) is 4.53. The molecule has 120 valence electrons. The third-order valence-corrected chi connectivity index (χ3v) is 4.53. The number of benzene rings is 2. The average molecular weight is 318 g/mol. The number of aromatic amines is 1. The summed E-state index contributed by atoms with van der Waals surface area (Å²) in [6.45, 7) is 0. The van der Waals surface area contributed by atoms with Gasteiger partial charge in [0.05, 0.1) is 6.04 Å². The van der Waals surface area contributed by atoms with Gasteiger partial charge in [0.25, 0.3) is 0 Å². The van der Waals surface area contributed by atoms with E-state index in [0.717, 1.165) is 27.7 Å². The van der Waals surface area contributed by atoms with Crippen molar-refractivity contribution < 1.29 is 9.90 Å². The lowest BCUT2D eigenvalue weighted by atomic mass is 9.93. The molecule has 0 bridgehead atoms. The van der Waals surface area contributed by atoms with Gasteiger partial charge in [-0.25, -0.2) is 0 Å². The highest BCUT2D eigenvalue weighted by molar-refractivity contribution is 5.87. The highest BCUT2D eigenvalue weighted by Gasteiger charge is 2.31. The average Bonchev–Trinajstić information content (AvgIpc) is 2.99. The number of hydrogen-bond donors (Lipinski definition) is 3. The Balaban J connectivity index is 1.76. The van der Waals surface area contributed by atoms with Gasteiger partial charge in [0.15, 0.2) is 0 Å². The first-order valence-electron chi connectivity index (χ1n) is 8.04. The quantitative estimate of drug-likeness (QED) is 0.692. The van der Waals surface area contributed by atoms with Crippen LogP contribution < -0.4 is 5.32 Å². The maximum absolute atomic E-state index is 11.5. The van der Waals surface area contributed by atoms with Crippen LogP contribution in [0.15, 0.2) is 60.7 Å². The number of nitrogens with one attached hydrogen (secondary N) is 2. The second-order valence-electron chi connectivity index (χ2n) is 6.07. The lowest BCUT2D eigenvalue weighted by molar-refractivity contribution is -0.139. The van der Waals surface area contributed by atoms with E-state index in [4.69, 9.17) is 0 Å². The standard InChI is InChI=1S/C20H18N2O2/c23-20(24)18-12-15-14-8-4-5-9-16(14)22-19(15)17(21-18)11-10-13-6-2-1-3-7-13/h1-11,17-18,21-22H,12H2,(H,23,24)/b11-10+. The predicted octanol–water partition coefficient (Wildman–Crippen LogP) is 3.52. The van der Waals surface area contributed by atoms with E-state index in [9.17, 15) is 9.90 Å². The van der Waals surface area contributed by atoms with Crippen LogP contribution in [0.1, 0.15) is 22.9 Å². The minimum Gasteiger partial charge on any atom is -0.480 e. The molecule has 4 rings (SSSR count). The van der Waals surface area contributed by atoms with Gasteiger partial charge in [-0.15, -0.1) is 0 Å². The Morgan fingerprint density at radius 1 is 1.08 bits per heavy atom. The molecule has 1 aromatic heterocycles. The molecule has 0 aliphatic carbocycles. The molecule has 0 spiro atoms. The van der Waals surface area contributed by atoms with Crippen molar-refractivity contribution in [3.63, 3.8) is 0 Å². The van der Waals surface area contributed by atoms with E-state index in [-0.39, 0.29) is 6.04 Å². The Labute approximate surface area is 139 Å². The molecule has 0 amide bonds. The Kier molecular flexibility index (Phi) is 3.67. The Hall–Kier alpha value is -2.85. The van der Waals surface area contributed by atoms with Crippen LogP contribution >= 0.6 is 0 Å². The zero-order valence-electron chi connectivity index (χ0n) is 13.1. The zero-order chi connectivity index (χ0) is 16.5. The van der Waals surface area contributed by atoms with E-state index in [1.54, 1.807) is 0 Å². The minimum atomic E-state index is -0.816. The summed E-state index contributed by atoms with van der Waals surface area (Å²) in [5, 5.41) is 13.8. The predicted molar refractivity (Wildman–Crippen MR) is 94.8 cm³/mol. The number of carbonyl (C=O) groups is 1. The van der Waals surface area contributed by atoms with Crippen LogP contribution in [0.3, 0.4) is 0 Å². The molecule has 0 saturated carbocycles. The molecule has 0 saturated heterocycles. The normalized spacial score (nSPS) is 20.3. The molecule has 2 heterocycles. The summed E-state index contributed by atoms with van der Waals surface area (Å²) < 4.78 is 0. The lowest BCUT2D eigenvalue weighted by Crippen LogP contribution is -2.44. The van der Waals surface area contributed by atoms with E-state index < -0.39 is 12.0 Å². The van der Waals surface area contributed by atoms with Crippen molar-refractivity contribution in [3.8, 4) is 0 Å². The molecule has 1 aliphatic heterocycles. The SMILES string of the molecule is O=C(O)C1Cc2c([nH]c3ccccc23)C(/C=C/c2ccccc2)N1. The number of carboxylic acid groups (broad SMARTS) is 1. The van der Waals surface area contributed by atoms with Gasteiger partial charge in [-0.05, 0) is 17.2 Å². The summed E-state index contributed by atoms with van der Waals surface area (Å²) in [5.74, 6) is -0.816. The van der Waals surface area contributed by atoms with E-state index >= 15 is 0 Å². The molecular weight excluding hydrogens is 300 g/mol. The fraction of sp³-hybridized carbons (Fsp3) is 0.150. The van der Waals surface area contributed by atoms with Gasteiger partial charge in [0.1, 0.15) is 6.04 Å². The van der Waals surface area contributed by atoms with Crippen molar-refractivity contribution in [2.75, 3.05) is 0 Å². The molecule has 2 unspecified atom stereocenters. The summed E-state index contributed by atoms with van der Waals surface area (Å²) in [4.78, 5) is 15.0. The summed E-state index contributed by atoms with van der Waals surface area (Å²) in [6, 6.07) is 17.3. The highest BCUT2D eigenvalue weighted by Crippen LogP contribution is 2.32. The van der Waals surface area contributed by atoms with Gasteiger partial charge in [0.2, 0.25) is 0 Å². The van der Waals surface area contributed by atoms with Crippen molar-refractivity contribution in [2.45, 2.75) is 18.5 Å². The van der Waals surface area contributed by atoms with Crippen LogP contribution in [0, 0.1) is 0 Å². The van der Waals surface area contributed by atoms with E-state index in [1.807, 2.05) is 66.7 Å². The zero-order valence-corrected chi connectivity index (χ0v) is 13.1. The van der Waals surface area contributed by atoms with Crippen molar-refractivity contribution in [1.29, 1.82) is 0 Å². The second-order valence-corrected chi connectivity index (χ2v) is 6.07. The molecule has 3 N–H and O–H groups in total. The number of aliphatic carboxylic acids is 1. The van der Waals surface area contributed by atoms with Crippen molar-refractivity contribution in [3.05, 3.63) is 77.5 Å². The Morgan fingerprint density at radius 2 is 1.83 bits per heavy atom. The maximum atomic E-state index is 11.5. The minimum absolute atomic E-state index is 0.151. The van der Waals surface area contributed by atoms with E-state index in [1.165, 1.54) is 0 Å². The molecule has 4 nitrogen and oxygen atoms in total.